The number of hydrogen-bond donors (Lipinski definition) is 0. The lowest BCUT2D eigenvalue weighted by atomic mass is 10.2. The molecule has 3 heteroatoms. The lowest BCUT2D eigenvalue weighted by molar-refractivity contribution is 0.575. The summed E-state index contributed by atoms with van der Waals surface area (Å²) < 4.78 is 5.46. The summed E-state index contributed by atoms with van der Waals surface area (Å²) in [6, 6.07) is 9.47. The molecule has 0 bridgehead atoms. The van der Waals surface area contributed by atoms with Crippen LogP contribution in [0.3, 0.4) is 0 Å². The number of alkyl halides is 1. The molecule has 2 aromatic rings. The van der Waals surface area contributed by atoms with Crippen molar-refractivity contribution >= 4 is 26.9 Å². The fourth-order valence-electron chi connectivity index (χ4n) is 1.22. The molecule has 1 aromatic carbocycles. The van der Waals surface area contributed by atoms with Crippen LogP contribution in [0, 0.1) is 11.3 Å². The van der Waals surface area contributed by atoms with Crippen LogP contribution >= 0.6 is 15.9 Å². The van der Waals surface area contributed by atoms with Crippen LogP contribution in [0.5, 0.6) is 0 Å². The molecule has 0 aliphatic carbocycles. The smallest absolute Gasteiger partial charge is 0.135 e. The standard InChI is InChI=1S/C10H6BrNO/c11-5-9-4-8-2-1-7(6-12)3-10(8)13-9/h1-4H,5H2. The molecule has 0 fully saturated rings. The van der Waals surface area contributed by atoms with Gasteiger partial charge in [-0.05, 0) is 24.3 Å². The van der Waals surface area contributed by atoms with E-state index >= 15 is 0 Å². The number of benzene rings is 1. The summed E-state index contributed by atoms with van der Waals surface area (Å²) in [7, 11) is 0. The van der Waals surface area contributed by atoms with Gasteiger partial charge in [0.1, 0.15) is 11.3 Å². The molecule has 0 saturated heterocycles. The topological polar surface area (TPSA) is 36.9 Å². The summed E-state index contributed by atoms with van der Waals surface area (Å²) in [6.07, 6.45) is 0. The SMILES string of the molecule is N#Cc1ccc2cc(CBr)oc2c1. The van der Waals surface area contributed by atoms with E-state index in [9.17, 15) is 0 Å². The summed E-state index contributed by atoms with van der Waals surface area (Å²) in [5.41, 5.74) is 1.40. The van der Waals surface area contributed by atoms with Crippen molar-refractivity contribution in [1.29, 1.82) is 5.26 Å². The molecule has 0 spiro atoms. The van der Waals surface area contributed by atoms with Crippen molar-refractivity contribution in [3.05, 3.63) is 35.6 Å². The first-order valence-corrected chi connectivity index (χ1v) is 4.94. The first-order valence-electron chi connectivity index (χ1n) is 3.82. The van der Waals surface area contributed by atoms with Crippen LogP contribution in [0.1, 0.15) is 11.3 Å². The van der Waals surface area contributed by atoms with Gasteiger partial charge in [0.2, 0.25) is 0 Å². The number of furan rings is 1. The minimum absolute atomic E-state index is 0.628. The molecule has 2 rings (SSSR count). The normalized spacial score (nSPS) is 10.2. The van der Waals surface area contributed by atoms with Gasteiger partial charge in [-0.3, -0.25) is 0 Å². The van der Waals surface area contributed by atoms with Crippen LogP contribution in [0.4, 0.5) is 0 Å². The quantitative estimate of drug-likeness (QED) is 0.713. The lowest BCUT2D eigenvalue weighted by Crippen LogP contribution is -1.70. The zero-order valence-corrected chi connectivity index (χ0v) is 8.34. The highest BCUT2D eigenvalue weighted by Gasteiger charge is 2.02. The average molecular weight is 236 g/mol. The molecule has 64 valence electrons. The summed E-state index contributed by atoms with van der Waals surface area (Å²) in [6.45, 7) is 0. The molecule has 0 saturated carbocycles. The van der Waals surface area contributed by atoms with E-state index in [2.05, 4.69) is 22.0 Å². The molecule has 1 aromatic heterocycles. The Labute approximate surface area is 83.9 Å². The number of rotatable bonds is 1. The number of nitriles is 1. The van der Waals surface area contributed by atoms with Gasteiger partial charge in [-0.2, -0.15) is 5.26 Å². The van der Waals surface area contributed by atoms with E-state index in [1.807, 2.05) is 12.1 Å². The summed E-state index contributed by atoms with van der Waals surface area (Å²) in [4.78, 5) is 0. The van der Waals surface area contributed by atoms with E-state index in [1.165, 1.54) is 0 Å². The third-order valence-electron chi connectivity index (χ3n) is 1.83. The van der Waals surface area contributed by atoms with Crippen molar-refractivity contribution < 1.29 is 4.42 Å². The summed E-state index contributed by atoms with van der Waals surface area (Å²) >= 11 is 3.31. The number of hydrogen-bond acceptors (Lipinski definition) is 2. The highest BCUT2D eigenvalue weighted by atomic mass is 79.9. The second-order valence-electron chi connectivity index (χ2n) is 2.71. The second kappa shape index (κ2) is 3.23. The fraction of sp³-hybridized carbons (Fsp3) is 0.100. The molecule has 0 N–H and O–H groups in total. The Morgan fingerprint density at radius 3 is 2.92 bits per heavy atom. The van der Waals surface area contributed by atoms with Gasteiger partial charge in [-0.15, -0.1) is 0 Å². The van der Waals surface area contributed by atoms with E-state index in [-0.39, 0.29) is 0 Å². The molecule has 2 nitrogen and oxygen atoms in total. The van der Waals surface area contributed by atoms with Crippen LogP contribution in [-0.4, -0.2) is 0 Å². The summed E-state index contributed by atoms with van der Waals surface area (Å²) in [5, 5.41) is 10.4. The van der Waals surface area contributed by atoms with E-state index in [0.29, 0.717) is 10.9 Å². The van der Waals surface area contributed by atoms with Crippen LogP contribution in [0.25, 0.3) is 11.0 Å². The fourth-order valence-corrected chi connectivity index (χ4v) is 1.50. The molecule has 0 atom stereocenters. The van der Waals surface area contributed by atoms with Crippen LogP contribution < -0.4 is 0 Å². The number of halogens is 1. The van der Waals surface area contributed by atoms with Gasteiger partial charge in [0.25, 0.3) is 0 Å². The van der Waals surface area contributed by atoms with E-state index in [1.54, 1.807) is 12.1 Å². The van der Waals surface area contributed by atoms with Gasteiger partial charge in [0.15, 0.2) is 0 Å². The summed E-state index contributed by atoms with van der Waals surface area (Å²) in [5.74, 6) is 0.880. The van der Waals surface area contributed by atoms with Crippen LogP contribution in [0.2, 0.25) is 0 Å². The Hall–Kier alpha value is -1.27. The van der Waals surface area contributed by atoms with Gasteiger partial charge >= 0.3 is 0 Å². The maximum Gasteiger partial charge on any atom is 0.135 e. The Balaban J connectivity index is 2.65. The van der Waals surface area contributed by atoms with E-state index in [4.69, 9.17) is 9.68 Å². The highest BCUT2D eigenvalue weighted by Crippen LogP contribution is 2.21. The third kappa shape index (κ3) is 1.45. The number of fused-ring (bicyclic) bond motifs is 1. The molecule has 0 aliphatic heterocycles. The zero-order chi connectivity index (χ0) is 9.26. The monoisotopic (exact) mass is 235 g/mol. The van der Waals surface area contributed by atoms with Gasteiger partial charge in [0.05, 0.1) is 17.0 Å². The maximum absolute atomic E-state index is 8.66. The van der Waals surface area contributed by atoms with Crippen molar-refractivity contribution in [2.45, 2.75) is 5.33 Å². The molecule has 1 heterocycles. The van der Waals surface area contributed by atoms with Crippen molar-refractivity contribution in [1.82, 2.24) is 0 Å². The maximum atomic E-state index is 8.66. The molecule has 13 heavy (non-hydrogen) atoms. The number of nitrogens with zero attached hydrogens (tertiary/aromatic N) is 1. The van der Waals surface area contributed by atoms with E-state index in [0.717, 1.165) is 16.7 Å². The second-order valence-corrected chi connectivity index (χ2v) is 3.27. The van der Waals surface area contributed by atoms with Crippen molar-refractivity contribution in [2.75, 3.05) is 0 Å². The highest BCUT2D eigenvalue weighted by molar-refractivity contribution is 9.08. The van der Waals surface area contributed by atoms with Gasteiger partial charge in [0, 0.05) is 5.39 Å². The largest absolute Gasteiger partial charge is 0.460 e. The molecular formula is C10H6BrNO. The lowest BCUT2D eigenvalue weighted by Gasteiger charge is -1.87. The minimum atomic E-state index is 0.628. The first kappa shape index (κ1) is 8.33. The Kier molecular flexibility index (Phi) is 2.07. The predicted molar refractivity (Wildman–Crippen MR) is 53.6 cm³/mol. The minimum Gasteiger partial charge on any atom is -0.460 e. The third-order valence-corrected chi connectivity index (χ3v) is 2.38. The predicted octanol–water partition coefficient (Wildman–Crippen LogP) is 3.20. The zero-order valence-electron chi connectivity index (χ0n) is 6.75. The Morgan fingerprint density at radius 1 is 1.38 bits per heavy atom. The van der Waals surface area contributed by atoms with Crippen LogP contribution in [-0.2, 0) is 5.33 Å². The van der Waals surface area contributed by atoms with Crippen molar-refractivity contribution in [3.63, 3.8) is 0 Å². The van der Waals surface area contributed by atoms with E-state index < -0.39 is 0 Å². The van der Waals surface area contributed by atoms with Crippen molar-refractivity contribution in [2.24, 2.45) is 0 Å². The van der Waals surface area contributed by atoms with Crippen LogP contribution in [0.15, 0.2) is 28.7 Å². The van der Waals surface area contributed by atoms with Gasteiger partial charge in [-0.1, -0.05) is 15.9 Å². The Bertz CT molecular complexity index is 481. The van der Waals surface area contributed by atoms with Gasteiger partial charge < -0.3 is 4.42 Å². The molecule has 0 amide bonds. The molecule has 0 aliphatic rings. The molecule has 0 unspecified atom stereocenters. The average Bonchev–Trinajstić information content (AvgIpc) is 2.58. The Morgan fingerprint density at radius 2 is 2.23 bits per heavy atom. The molecular weight excluding hydrogens is 230 g/mol. The van der Waals surface area contributed by atoms with Gasteiger partial charge in [-0.25, -0.2) is 0 Å². The van der Waals surface area contributed by atoms with Crippen molar-refractivity contribution in [3.8, 4) is 6.07 Å². The first-order chi connectivity index (χ1) is 6.33. The molecule has 0 radical (unpaired) electrons.